The van der Waals surface area contributed by atoms with Crippen LogP contribution in [0.25, 0.3) is 33.3 Å². The van der Waals surface area contributed by atoms with Crippen LogP contribution in [-0.4, -0.2) is 12.1 Å². The van der Waals surface area contributed by atoms with Crippen LogP contribution in [-0.2, 0) is 0 Å². The first kappa shape index (κ1) is 22.7. The van der Waals surface area contributed by atoms with Gasteiger partial charge in [-0.15, -0.1) is 12.4 Å². The molecule has 1 heterocycles. The van der Waals surface area contributed by atoms with Crippen LogP contribution in [0, 0.1) is 0 Å². The minimum absolute atomic E-state index is 0. The van der Waals surface area contributed by atoms with Gasteiger partial charge in [-0.3, -0.25) is 0 Å². The molecule has 5 rings (SSSR count). The Morgan fingerprint density at radius 2 is 1.30 bits per heavy atom. The summed E-state index contributed by atoms with van der Waals surface area (Å²) in [6.45, 7) is 0. The minimum Gasteiger partial charge on any atom is -0.497 e. The van der Waals surface area contributed by atoms with Crippen molar-refractivity contribution in [3.8, 4) is 39.6 Å². The summed E-state index contributed by atoms with van der Waals surface area (Å²) in [5.74, 6) is 2.18. The number of pyridine rings is 1. The molecule has 164 valence electrons. The Balaban J connectivity index is 0.00000259. The van der Waals surface area contributed by atoms with Crippen molar-refractivity contribution in [3.05, 3.63) is 108 Å². The van der Waals surface area contributed by atoms with Gasteiger partial charge in [-0.1, -0.05) is 60.1 Å². The van der Waals surface area contributed by atoms with E-state index in [1.165, 1.54) is 0 Å². The number of ether oxygens (including phenoxy) is 2. The zero-order chi connectivity index (χ0) is 21.9. The molecular weight excluding hydrogens is 453 g/mol. The molecule has 0 N–H and O–H groups in total. The molecule has 33 heavy (non-hydrogen) atoms. The summed E-state index contributed by atoms with van der Waals surface area (Å²) in [5.41, 5.74) is 4.67. The van der Waals surface area contributed by atoms with Crippen molar-refractivity contribution in [1.82, 2.24) is 4.98 Å². The summed E-state index contributed by atoms with van der Waals surface area (Å²) < 4.78 is 11.9. The van der Waals surface area contributed by atoms with E-state index < -0.39 is 0 Å². The number of hydrogen-bond acceptors (Lipinski definition) is 3. The lowest BCUT2D eigenvalue weighted by Gasteiger charge is -2.18. The van der Waals surface area contributed by atoms with Gasteiger partial charge >= 0.3 is 0 Å². The average Bonchev–Trinajstić information content (AvgIpc) is 2.85. The fourth-order valence-corrected chi connectivity index (χ4v) is 3.88. The van der Waals surface area contributed by atoms with Gasteiger partial charge in [0.05, 0.1) is 12.6 Å². The lowest BCUT2D eigenvalue weighted by atomic mass is 9.96. The zero-order valence-electron chi connectivity index (χ0n) is 17.9. The van der Waals surface area contributed by atoms with E-state index in [0.717, 1.165) is 39.0 Å². The smallest absolute Gasteiger partial charge is 0.162 e. The minimum atomic E-state index is 0. The van der Waals surface area contributed by atoms with Gasteiger partial charge in [0.15, 0.2) is 5.75 Å². The number of halogens is 2. The molecule has 0 aliphatic carbocycles. The number of rotatable bonds is 5. The Morgan fingerprint density at radius 3 is 2.00 bits per heavy atom. The maximum absolute atomic E-state index is 6.52. The highest BCUT2D eigenvalue weighted by molar-refractivity contribution is 6.30. The van der Waals surface area contributed by atoms with Gasteiger partial charge in [-0.2, -0.15) is 0 Å². The number of para-hydroxylation sites is 1. The largest absolute Gasteiger partial charge is 0.497 e. The van der Waals surface area contributed by atoms with Crippen molar-refractivity contribution in [2.45, 2.75) is 0 Å². The van der Waals surface area contributed by atoms with Gasteiger partial charge in [-0.25, -0.2) is 4.98 Å². The van der Waals surface area contributed by atoms with Crippen LogP contribution in [0.5, 0.6) is 17.2 Å². The molecule has 0 unspecified atom stereocenters. The highest BCUT2D eigenvalue weighted by atomic mass is 35.5. The second-order valence-electron chi connectivity index (χ2n) is 7.33. The Kier molecular flexibility index (Phi) is 6.83. The Morgan fingerprint density at radius 1 is 0.667 bits per heavy atom. The third-order valence-corrected chi connectivity index (χ3v) is 5.56. The molecule has 5 heteroatoms. The summed E-state index contributed by atoms with van der Waals surface area (Å²) in [7, 11) is 1.66. The van der Waals surface area contributed by atoms with Crippen LogP contribution >= 0.6 is 24.0 Å². The van der Waals surface area contributed by atoms with E-state index in [9.17, 15) is 0 Å². The van der Waals surface area contributed by atoms with Gasteiger partial charge in [0.25, 0.3) is 0 Å². The Hall–Kier alpha value is -3.53. The molecule has 0 spiro atoms. The van der Waals surface area contributed by atoms with Crippen LogP contribution in [0.15, 0.2) is 103 Å². The topological polar surface area (TPSA) is 31.4 Å². The van der Waals surface area contributed by atoms with E-state index in [1.54, 1.807) is 7.11 Å². The number of nitrogens with zero attached hydrogens (tertiary/aromatic N) is 1. The SMILES string of the molecule is COc1ccc(-c2nc3ccccc3c(-c3ccccc3)c2Oc2ccc(Cl)cc2)cc1.Cl. The normalized spacial score (nSPS) is 10.5. The zero-order valence-corrected chi connectivity index (χ0v) is 19.4. The predicted molar refractivity (Wildman–Crippen MR) is 138 cm³/mol. The highest BCUT2D eigenvalue weighted by Gasteiger charge is 2.20. The summed E-state index contributed by atoms with van der Waals surface area (Å²) in [5, 5.41) is 1.69. The van der Waals surface area contributed by atoms with Crippen LogP contribution in [0.3, 0.4) is 0 Å². The summed E-state index contributed by atoms with van der Waals surface area (Å²) in [6.07, 6.45) is 0. The second-order valence-corrected chi connectivity index (χ2v) is 7.77. The molecule has 0 aliphatic heterocycles. The number of fused-ring (bicyclic) bond motifs is 1. The van der Waals surface area contributed by atoms with E-state index in [4.69, 9.17) is 26.1 Å². The molecule has 0 saturated heterocycles. The fraction of sp³-hybridized carbons (Fsp3) is 0.0357. The average molecular weight is 474 g/mol. The third kappa shape index (κ3) is 4.65. The Labute approximate surface area is 204 Å². The van der Waals surface area contributed by atoms with Crippen molar-refractivity contribution >= 4 is 34.9 Å². The van der Waals surface area contributed by atoms with E-state index in [-0.39, 0.29) is 12.4 Å². The second kappa shape index (κ2) is 9.95. The first-order valence-electron chi connectivity index (χ1n) is 10.3. The fourth-order valence-electron chi connectivity index (χ4n) is 3.75. The molecule has 4 aromatic carbocycles. The lowest BCUT2D eigenvalue weighted by Crippen LogP contribution is -1.97. The molecule has 1 aromatic heterocycles. The first-order chi connectivity index (χ1) is 15.7. The maximum atomic E-state index is 6.52. The van der Waals surface area contributed by atoms with Crippen molar-refractivity contribution in [2.75, 3.05) is 7.11 Å². The third-order valence-electron chi connectivity index (χ3n) is 5.31. The van der Waals surface area contributed by atoms with Crippen LogP contribution in [0.2, 0.25) is 5.02 Å². The van der Waals surface area contributed by atoms with Crippen molar-refractivity contribution in [3.63, 3.8) is 0 Å². The maximum Gasteiger partial charge on any atom is 0.162 e. The van der Waals surface area contributed by atoms with Gasteiger partial charge in [0.1, 0.15) is 17.2 Å². The first-order valence-corrected chi connectivity index (χ1v) is 10.7. The predicted octanol–water partition coefficient (Wildman–Crippen LogP) is 8.44. The van der Waals surface area contributed by atoms with E-state index in [2.05, 4.69) is 18.2 Å². The summed E-state index contributed by atoms with van der Waals surface area (Å²) >= 11 is 6.10. The van der Waals surface area contributed by atoms with Gasteiger partial charge < -0.3 is 9.47 Å². The number of hydrogen-bond donors (Lipinski definition) is 0. The monoisotopic (exact) mass is 473 g/mol. The van der Waals surface area contributed by atoms with Crippen LogP contribution < -0.4 is 9.47 Å². The molecule has 0 aliphatic rings. The quantitative estimate of drug-likeness (QED) is 0.256. The number of aromatic nitrogens is 1. The molecule has 0 fully saturated rings. The molecule has 3 nitrogen and oxygen atoms in total. The Bertz CT molecular complexity index is 1370. The molecule has 5 aromatic rings. The van der Waals surface area contributed by atoms with Crippen molar-refractivity contribution in [2.24, 2.45) is 0 Å². The standard InChI is InChI=1S/C28H20ClNO2.ClH/c1-31-22-15-11-20(12-16-22)27-28(32-23-17-13-21(29)14-18-23)26(19-7-3-2-4-8-19)24-9-5-6-10-25(24)30-27;/h2-18H,1H3;1H. The van der Waals surface area contributed by atoms with E-state index in [0.29, 0.717) is 16.5 Å². The molecule has 0 atom stereocenters. The van der Waals surface area contributed by atoms with Crippen LogP contribution in [0.4, 0.5) is 0 Å². The van der Waals surface area contributed by atoms with Gasteiger partial charge in [-0.05, 0) is 60.2 Å². The van der Waals surface area contributed by atoms with E-state index >= 15 is 0 Å². The number of methoxy groups -OCH3 is 1. The molecule has 0 saturated carbocycles. The van der Waals surface area contributed by atoms with Crippen molar-refractivity contribution in [1.29, 1.82) is 0 Å². The highest BCUT2D eigenvalue weighted by Crippen LogP contribution is 2.44. The summed E-state index contributed by atoms with van der Waals surface area (Å²) in [4.78, 5) is 5.01. The van der Waals surface area contributed by atoms with Crippen LogP contribution in [0.1, 0.15) is 0 Å². The summed E-state index contributed by atoms with van der Waals surface area (Å²) in [6, 6.07) is 33.6. The molecule has 0 amide bonds. The molecule has 0 radical (unpaired) electrons. The van der Waals surface area contributed by atoms with Gasteiger partial charge in [0.2, 0.25) is 0 Å². The number of benzene rings is 4. The molecule has 0 bridgehead atoms. The lowest BCUT2D eigenvalue weighted by molar-refractivity contribution is 0.415. The van der Waals surface area contributed by atoms with Crippen molar-refractivity contribution < 1.29 is 9.47 Å². The van der Waals surface area contributed by atoms with Gasteiger partial charge in [0, 0.05) is 21.5 Å². The molecular formula is C28H21Cl2NO2. The van der Waals surface area contributed by atoms with E-state index in [1.807, 2.05) is 84.9 Å².